The fourth-order valence-electron chi connectivity index (χ4n) is 6.58. The average Bonchev–Trinajstić information content (AvgIpc) is 3.29. The number of ether oxygens (including phenoxy) is 1. The van der Waals surface area contributed by atoms with Gasteiger partial charge in [-0.15, -0.1) is 11.8 Å². The Morgan fingerprint density at radius 1 is 0.880 bits per heavy atom. The van der Waals surface area contributed by atoms with Crippen LogP contribution in [-0.2, 0) is 26.6 Å². The van der Waals surface area contributed by atoms with E-state index in [2.05, 4.69) is 17.6 Å². The maximum Gasteiger partial charge on any atom is 0.261 e. The van der Waals surface area contributed by atoms with E-state index in [4.69, 9.17) is 4.74 Å². The molecule has 2 heterocycles. The Morgan fingerprint density at radius 3 is 2.18 bits per heavy atom. The number of thioether (sulfide) groups is 1. The lowest BCUT2D eigenvalue weighted by Gasteiger charge is -2.32. The van der Waals surface area contributed by atoms with E-state index in [-0.39, 0.29) is 42.0 Å². The molecule has 10 nitrogen and oxygen atoms in total. The van der Waals surface area contributed by atoms with Crippen LogP contribution in [0.15, 0.2) is 78.9 Å². The van der Waals surface area contributed by atoms with Crippen molar-refractivity contribution in [2.75, 3.05) is 27.2 Å². The summed E-state index contributed by atoms with van der Waals surface area (Å²) in [5.41, 5.74) is 2.81. The molecule has 4 atom stereocenters. The minimum Gasteiger partial charge on any atom is -0.497 e. The molecule has 1 saturated heterocycles. The van der Waals surface area contributed by atoms with Crippen molar-refractivity contribution in [3.05, 3.63) is 101 Å². The summed E-state index contributed by atoms with van der Waals surface area (Å²) in [5, 5.41) is 5.33. The van der Waals surface area contributed by atoms with E-state index in [0.717, 1.165) is 16.9 Å². The van der Waals surface area contributed by atoms with Crippen LogP contribution in [0.5, 0.6) is 5.75 Å². The largest absolute Gasteiger partial charge is 0.497 e. The van der Waals surface area contributed by atoms with Gasteiger partial charge in [0.2, 0.25) is 17.7 Å². The summed E-state index contributed by atoms with van der Waals surface area (Å²) in [7, 11) is 3.19. The Labute approximate surface area is 298 Å². The number of nitrogens with zero attached hydrogens (tertiary/aromatic N) is 2. The topological polar surface area (TPSA) is 125 Å². The smallest absolute Gasteiger partial charge is 0.261 e. The van der Waals surface area contributed by atoms with Gasteiger partial charge in [-0.3, -0.25) is 28.9 Å². The van der Waals surface area contributed by atoms with Crippen molar-refractivity contribution in [3.63, 3.8) is 0 Å². The van der Waals surface area contributed by atoms with Gasteiger partial charge < -0.3 is 20.3 Å². The zero-order valence-corrected chi connectivity index (χ0v) is 29.7. The number of carbonyl (C=O) groups is 5. The maximum atomic E-state index is 14.1. The minimum atomic E-state index is -0.773. The number of fused-ring (bicyclic) bond motifs is 1. The van der Waals surface area contributed by atoms with Gasteiger partial charge in [0.05, 0.1) is 23.5 Å². The average molecular weight is 699 g/mol. The molecule has 2 N–H and O–H groups in total. The van der Waals surface area contributed by atoms with Gasteiger partial charge in [-0.2, -0.15) is 0 Å². The second kappa shape index (κ2) is 17.3. The standard InChI is InChI=1S/C39H46N4O6S/c1-26-20-22-42(33(35(44)40-2)24-27-11-5-4-6-12-27)39(48)32(23-26)41-36(45)34(50-25-28-16-18-29(49-3)19-17-28)15-9-10-21-43-37(46)30-13-7-8-14-31(30)38(43)47/h4-8,11-14,16-19,26,32-34H,9-10,15,20-25H2,1-3H3,(H,40,44)(H,41,45)/t26-,32?,33-,34?/m0/s1. The van der Waals surface area contributed by atoms with Gasteiger partial charge in [-0.1, -0.05) is 67.9 Å². The summed E-state index contributed by atoms with van der Waals surface area (Å²) in [6, 6.07) is 22.7. The fraction of sp³-hybridized carbons (Fsp3) is 0.410. The minimum absolute atomic E-state index is 0.154. The van der Waals surface area contributed by atoms with Gasteiger partial charge in [0.25, 0.3) is 11.8 Å². The van der Waals surface area contributed by atoms with Crippen LogP contribution in [-0.4, -0.2) is 83.9 Å². The molecular weight excluding hydrogens is 653 g/mol. The van der Waals surface area contributed by atoms with E-state index in [1.807, 2.05) is 54.6 Å². The molecule has 3 aromatic rings. The van der Waals surface area contributed by atoms with E-state index in [9.17, 15) is 24.0 Å². The normalized spacial score (nSPS) is 18.7. The second-order valence-corrected chi connectivity index (χ2v) is 14.2. The lowest BCUT2D eigenvalue weighted by molar-refractivity contribution is -0.142. The lowest BCUT2D eigenvalue weighted by atomic mass is 10.00. The van der Waals surface area contributed by atoms with Crippen LogP contribution >= 0.6 is 11.8 Å². The number of rotatable bonds is 15. The quantitative estimate of drug-likeness (QED) is 0.172. The van der Waals surface area contributed by atoms with Gasteiger partial charge in [0.15, 0.2) is 0 Å². The highest BCUT2D eigenvalue weighted by atomic mass is 32.2. The number of nitrogens with one attached hydrogen (secondary N) is 2. The molecule has 1 fully saturated rings. The number of carbonyl (C=O) groups excluding carboxylic acids is 5. The van der Waals surface area contributed by atoms with Crippen molar-refractivity contribution in [2.24, 2.45) is 5.92 Å². The Morgan fingerprint density at radius 2 is 1.54 bits per heavy atom. The molecule has 0 saturated carbocycles. The molecule has 3 aromatic carbocycles. The zero-order valence-electron chi connectivity index (χ0n) is 28.9. The number of hydrogen-bond donors (Lipinski definition) is 2. The number of likely N-dealkylation sites (tertiary alicyclic amines) is 1. The Hall–Kier alpha value is -4.64. The summed E-state index contributed by atoms with van der Waals surface area (Å²) in [6.45, 7) is 2.75. The van der Waals surface area contributed by atoms with Crippen LogP contribution in [0.1, 0.15) is 70.9 Å². The number of methoxy groups -OCH3 is 1. The molecule has 0 bridgehead atoms. The van der Waals surface area contributed by atoms with Gasteiger partial charge in [-0.05, 0) is 67.0 Å². The van der Waals surface area contributed by atoms with Crippen molar-refractivity contribution >= 4 is 41.3 Å². The molecule has 0 aromatic heterocycles. The molecule has 2 aliphatic heterocycles. The fourth-order valence-corrected chi connectivity index (χ4v) is 7.72. The third-order valence-electron chi connectivity index (χ3n) is 9.47. The van der Waals surface area contributed by atoms with Gasteiger partial charge in [0, 0.05) is 32.3 Å². The van der Waals surface area contributed by atoms with Gasteiger partial charge in [-0.25, -0.2) is 0 Å². The number of hydrogen-bond acceptors (Lipinski definition) is 7. The van der Waals surface area contributed by atoms with Crippen LogP contribution < -0.4 is 15.4 Å². The predicted octanol–water partition coefficient (Wildman–Crippen LogP) is 4.86. The number of likely N-dealkylation sites (N-methyl/N-ethyl adjacent to an activating group) is 1. The van der Waals surface area contributed by atoms with E-state index in [1.54, 1.807) is 43.3 Å². The third-order valence-corrected chi connectivity index (χ3v) is 10.8. The van der Waals surface area contributed by atoms with Crippen LogP contribution in [0.25, 0.3) is 0 Å². The Kier molecular flexibility index (Phi) is 12.7. The van der Waals surface area contributed by atoms with E-state index >= 15 is 0 Å². The molecule has 5 rings (SSSR count). The highest BCUT2D eigenvalue weighted by Gasteiger charge is 2.38. The molecule has 11 heteroatoms. The number of amides is 5. The number of imide groups is 1. The lowest BCUT2D eigenvalue weighted by Crippen LogP contribution is -2.56. The maximum absolute atomic E-state index is 14.1. The zero-order chi connectivity index (χ0) is 35.6. The molecular formula is C39H46N4O6S. The summed E-state index contributed by atoms with van der Waals surface area (Å²) in [4.78, 5) is 70.0. The molecule has 264 valence electrons. The van der Waals surface area contributed by atoms with Gasteiger partial charge >= 0.3 is 0 Å². The van der Waals surface area contributed by atoms with Gasteiger partial charge in [0.1, 0.15) is 17.8 Å². The first-order chi connectivity index (χ1) is 24.2. The first-order valence-corrected chi connectivity index (χ1v) is 18.3. The van der Waals surface area contributed by atoms with Crippen molar-refractivity contribution in [2.45, 2.75) is 68.5 Å². The van der Waals surface area contributed by atoms with E-state index in [0.29, 0.717) is 61.9 Å². The first kappa shape index (κ1) is 36.6. The number of benzene rings is 3. The first-order valence-electron chi connectivity index (χ1n) is 17.3. The summed E-state index contributed by atoms with van der Waals surface area (Å²) >= 11 is 1.49. The van der Waals surface area contributed by atoms with Crippen LogP contribution in [0, 0.1) is 5.92 Å². The van der Waals surface area contributed by atoms with E-state index in [1.165, 1.54) is 16.7 Å². The molecule has 5 amide bonds. The molecule has 0 aliphatic carbocycles. The molecule has 0 spiro atoms. The van der Waals surface area contributed by atoms with Crippen molar-refractivity contribution in [3.8, 4) is 5.75 Å². The van der Waals surface area contributed by atoms with Crippen molar-refractivity contribution < 1.29 is 28.7 Å². The second-order valence-electron chi connectivity index (χ2n) is 13.0. The van der Waals surface area contributed by atoms with Crippen LogP contribution in [0.2, 0.25) is 0 Å². The van der Waals surface area contributed by atoms with E-state index < -0.39 is 17.3 Å². The molecule has 50 heavy (non-hydrogen) atoms. The Balaban J connectivity index is 1.27. The number of unbranched alkanes of at least 4 members (excludes halogenated alkanes) is 1. The molecule has 0 radical (unpaired) electrons. The summed E-state index contributed by atoms with van der Waals surface area (Å²) in [6.07, 6.45) is 3.19. The van der Waals surface area contributed by atoms with Crippen LogP contribution in [0.3, 0.4) is 0 Å². The SMILES string of the molecule is CNC(=O)[C@H](Cc1ccccc1)N1CC[C@H](C)CC(NC(=O)C(CCCCN2C(=O)c3ccccc3C2=O)SCc2ccc(OC)cc2)C1=O. The van der Waals surface area contributed by atoms with Crippen molar-refractivity contribution in [1.82, 2.24) is 20.4 Å². The highest BCUT2D eigenvalue weighted by molar-refractivity contribution is 7.99. The Bertz CT molecular complexity index is 1630. The monoisotopic (exact) mass is 698 g/mol. The summed E-state index contributed by atoms with van der Waals surface area (Å²) < 4.78 is 5.29. The third kappa shape index (κ3) is 8.93. The highest BCUT2D eigenvalue weighted by Crippen LogP contribution is 2.28. The van der Waals surface area contributed by atoms with Crippen LogP contribution in [0.4, 0.5) is 0 Å². The summed E-state index contributed by atoms with van der Waals surface area (Å²) in [5.74, 6) is 0.150. The predicted molar refractivity (Wildman–Crippen MR) is 194 cm³/mol. The molecule has 2 aliphatic rings. The molecule has 2 unspecified atom stereocenters. The van der Waals surface area contributed by atoms with Crippen molar-refractivity contribution in [1.29, 1.82) is 0 Å².